The zero-order valence-corrected chi connectivity index (χ0v) is 19.2. The minimum atomic E-state index is 0.448. The van der Waals surface area contributed by atoms with Crippen LogP contribution in [-0.2, 0) is 0 Å². The Hall–Kier alpha value is -0.780. The molecule has 1 spiro atoms. The van der Waals surface area contributed by atoms with E-state index in [9.17, 15) is 0 Å². The van der Waals surface area contributed by atoms with Gasteiger partial charge in [-0.05, 0) is 102 Å². The molecule has 5 aliphatic carbocycles. The van der Waals surface area contributed by atoms with E-state index in [0.717, 1.165) is 23.7 Å². The van der Waals surface area contributed by atoms with Crippen molar-refractivity contribution in [3.8, 4) is 0 Å². The molecule has 0 saturated heterocycles. The third-order valence-corrected chi connectivity index (χ3v) is 10.9. The molecule has 5 aliphatic rings. The average molecular weight is 379 g/mol. The summed E-state index contributed by atoms with van der Waals surface area (Å²) in [5.74, 6) is 4.86. The van der Waals surface area contributed by atoms with E-state index in [1.165, 1.54) is 44.9 Å². The molecule has 0 nitrogen and oxygen atoms in total. The van der Waals surface area contributed by atoms with Gasteiger partial charge in [-0.1, -0.05) is 71.4 Å². The maximum absolute atomic E-state index is 2.70. The Kier molecular flexibility index (Phi) is 4.19. The summed E-state index contributed by atoms with van der Waals surface area (Å²) in [6.07, 6.45) is 20.5. The fourth-order valence-corrected chi connectivity index (χ4v) is 8.42. The third-order valence-electron chi connectivity index (χ3n) is 10.9. The maximum atomic E-state index is 2.70. The van der Waals surface area contributed by atoms with E-state index in [1.54, 1.807) is 0 Å². The van der Waals surface area contributed by atoms with Crippen LogP contribution in [0, 0.1) is 51.8 Å². The first kappa shape index (κ1) is 19.2. The van der Waals surface area contributed by atoms with Gasteiger partial charge < -0.3 is 0 Å². The van der Waals surface area contributed by atoms with Gasteiger partial charge in [0.05, 0.1) is 0 Å². The van der Waals surface area contributed by atoms with Gasteiger partial charge in [-0.2, -0.15) is 0 Å². The van der Waals surface area contributed by atoms with Gasteiger partial charge in [0.2, 0.25) is 0 Å². The van der Waals surface area contributed by atoms with E-state index in [1.807, 2.05) is 11.1 Å². The van der Waals surface area contributed by atoms with Crippen LogP contribution in [0.3, 0.4) is 0 Å². The van der Waals surface area contributed by atoms with Crippen molar-refractivity contribution < 1.29 is 0 Å². The number of rotatable bonds is 4. The van der Waals surface area contributed by atoms with E-state index in [2.05, 4.69) is 65.8 Å². The molecule has 0 N–H and O–H groups in total. The van der Waals surface area contributed by atoms with Crippen LogP contribution in [0.25, 0.3) is 0 Å². The molecular formula is C28H42. The quantitative estimate of drug-likeness (QED) is 0.435. The first-order valence-electron chi connectivity index (χ1n) is 12.3. The molecule has 0 aromatic rings. The molecule has 3 fully saturated rings. The van der Waals surface area contributed by atoms with Crippen molar-refractivity contribution in [1.29, 1.82) is 0 Å². The molecular weight excluding hydrogens is 336 g/mol. The Morgan fingerprint density at radius 2 is 1.79 bits per heavy atom. The van der Waals surface area contributed by atoms with Crippen LogP contribution in [0.5, 0.6) is 0 Å². The first-order valence-corrected chi connectivity index (χ1v) is 12.3. The van der Waals surface area contributed by atoms with E-state index in [-0.39, 0.29) is 0 Å². The van der Waals surface area contributed by atoms with Gasteiger partial charge >= 0.3 is 0 Å². The molecule has 28 heavy (non-hydrogen) atoms. The summed E-state index contributed by atoms with van der Waals surface area (Å²) in [5, 5.41) is 0. The predicted octanol–water partition coefficient (Wildman–Crippen LogP) is 7.97. The lowest BCUT2D eigenvalue weighted by Crippen LogP contribution is -2.42. The van der Waals surface area contributed by atoms with Crippen LogP contribution in [0.4, 0.5) is 0 Å². The van der Waals surface area contributed by atoms with Crippen molar-refractivity contribution in [3.63, 3.8) is 0 Å². The summed E-state index contributed by atoms with van der Waals surface area (Å²) < 4.78 is 0. The zero-order valence-electron chi connectivity index (χ0n) is 19.2. The van der Waals surface area contributed by atoms with Gasteiger partial charge in [0.25, 0.3) is 0 Å². The van der Waals surface area contributed by atoms with Crippen LogP contribution in [0.1, 0.15) is 86.5 Å². The highest BCUT2D eigenvalue weighted by Crippen LogP contribution is 2.79. The molecule has 0 heteroatoms. The summed E-state index contributed by atoms with van der Waals surface area (Å²) >= 11 is 0. The highest BCUT2D eigenvalue weighted by Gasteiger charge is 2.71. The first-order chi connectivity index (χ1) is 13.2. The number of fused-ring (bicyclic) bond motifs is 3. The van der Waals surface area contributed by atoms with Crippen molar-refractivity contribution in [1.82, 2.24) is 0 Å². The topological polar surface area (TPSA) is 0 Å². The molecule has 0 amide bonds. The van der Waals surface area contributed by atoms with Gasteiger partial charge in [-0.25, -0.2) is 0 Å². The Balaban J connectivity index is 1.45. The molecule has 5 rings (SSSR count). The second-order valence-electron chi connectivity index (χ2n) is 12.2. The largest absolute Gasteiger partial charge is 0.0852 e. The lowest BCUT2D eigenvalue weighted by atomic mass is 9.53. The number of hydrogen-bond donors (Lipinski definition) is 0. The minimum Gasteiger partial charge on any atom is -0.0852 e. The standard InChI is InChI=1S/C28H42/c1-18(2)19(3)7-8-20(4)23-9-10-24-22-12-16-28-17-21(28)11-15-27(28,6)25(22)13-14-26(23,24)5/h7-8,12,16,18-21,23,25H,9-11,13-15,17H2,1-6H3/b8-7+/t19-,20+,21+,23+,25-,26+,27-,28+/m1/s1. The number of allylic oxidation sites excluding steroid dienone is 6. The predicted molar refractivity (Wildman–Crippen MR) is 120 cm³/mol. The summed E-state index contributed by atoms with van der Waals surface area (Å²) in [5.41, 5.74) is 5.32. The van der Waals surface area contributed by atoms with Gasteiger partial charge in [0, 0.05) is 0 Å². The second kappa shape index (κ2) is 6.12. The minimum absolute atomic E-state index is 0.448. The SMILES string of the molecule is CC(C)[C@H](C)/C=C/[C@H](C)[C@@H]1CCC2=C3C=C[C@]45C[C@@H]4CC[C@]5(C)[C@@H]3CC[C@]21C. The van der Waals surface area contributed by atoms with Crippen molar-refractivity contribution in [2.24, 2.45) is 51.8 Å². The second-order valence-corrected chi connectivity index (χ2v) is 12.2. The normalized spacial score (nSPS) is 48.5. The van der Waals surface area contributed by atoms with Gasteiger partial charge in [-0.15, -0.1) is 0 Å². The molecule has 0 bridgehead atoms. The number of hydrogen-bond acceptors (Lipinski definition) is 0. The van der Waals surface area contributed by atoms with Gasteiger partial charge in [-0.3, -0.25) is 0 Å². The van der Waals surface area contributed by atoms with E-state index >= 15 is 0 Å². The van der Waals surface area contributed by atoms with Crippen molar-refractivity contribution in [2.45, 2.75) is 86.5 Å². The lowest BCUT2D eigenvalue weighted by molar-refractivity contribution is 0.0893. The monoisotopic (exact) mass is 378 g/mol. The molecule has 154 valence electrons. The van der Waals surface area contributed by atoms with Crippen molar-refractivity contribution >= 4 is 0 Å². The molecule has 0 aromatic heterocycles. The highest BCUT2D eigenvalue weighted by atomic mass is 14.7. The van der Waals surface area contributed by atoms with Crippen molar-refractivity contribution in [2.75, 3.05) is 0 Å². The van der Waals surface area contributed by atoms with E-state index in [4.69, 9.17) is 0 Å². The summed E-state index contributed by atoms with van der Waals surface area (Å²) in [6.45, 7) is 14.9. The third kappa shape index (κ3) is 2.36. The van der Waals surface area contributed by atoms with Crippen LogP contribution in [0.2, 0.25) is 0 Å². The molecule has 0 heterocycles. The molecule has 0 radical (unpaired) electrons. The van der Waals surface area contributed by atoms with Gasteiger partial charge in [0.15, 0.2) is 0 Å². The fraction of sp³-hybridized carbons (Fsp3) is 0.786. The van der Waals surface area contributed by atoms with Crippen molar-refractivity contribution in [3.05, 3.63) is 35.5 Å². The Labute approximate surface area is 173 Å². The summed E-state index contributed by atoms with van der Waals surface area (Å²) in [4.78, 5) is 0. The Morgan fingerprint density at radius 1 is 1.00 bits per heavy atom. The Bertz CT molecular complexity index is 750. The van der Waals surface area contributed by atoms with Crippen LogP contribution in [0.15, 0.2) is 35.5 Å². The molecule has 0 aromatic carbocycles. The Morgan fingerprint density at radius 3 is 2.50 bits per heavy atom. The summed E-state index contributed by atoms with van der Waals surface area (Å²) in [7, 11) is 0. The summed E-state index contributed by atoms with van der Waals surface area (Å²) in [6, 6.07) is 0. The fourth-order valence-electron chi connectivity index (χ4n) is 8.42. The van der Waals surface area contributed by atoms with Crippen LogP contribution in [-0.4, -0.2) is 0 Å². The van der Waals surface area contributed by atoms with E-state index in [0.29, 0.717) is 28.1 Å². The molecule has 3 saturated carbocycles. The van der Waals surface area contributed by atoms with E-state index < -0.39 is 0 Å². The van der Waals surface area contributed by atoms with Crippen LogP contribution >= 0.6 is 0 Å². The molecule has 0 aliphatic heterocycles. The lowest BCUT2D eigenvalue weighted by Gasteiger charge is -2.51. The van der Waals surface area contributed by atoms with Crippen LogP contribution < -0.4 is 0 Å². The van der Waals surface area contributed by atoms with Gasteiger partial charge in [0.1, 0.15) is 0 Å². The molecule has 8 atom stereocenters. The molecule has 0 unspecified atom stereocenters. The maximum Gasteiger partial charge on any atom is -0.00239 e. The highest BCUT2D eigenvalue weighted by molar-refractivity contribution is 5.46. The average Bonchev–Trinajstić information content (AvgIpc) is 3.14. The smallest absolute Gasteiger partial charge is 0.00239 e. The zero-order chi connectivity index (χ0) is 19.9.